The van der Waals surface area contributed by atoms with Crippen molar-refractivity contribution in [1.82, 2.24) is 20.2 Å². The molecule has 4 aliphatic rings. The van der Waals surface area contributed by atoms with Crippen LogP contribution in [0.15, 0.2) is 109 Å². The maximum absolute atomic E-state index is 14.9. The van der Waals surface area contributed by atoms with E-state index >= 15 is 0 Å². The minimum atomic E-state index is -1.35. The van der Waals surface area contributed by atoms with E-state index < -0.39 is 29.0 Å². The van der Waals surface area contributed by atoms with Gasteiger partial charge in [-0.3, -0.25) is 4.79 Å². The van der Waals surface area contributed by atoms with Gasteiger partial charge >= 0.3 is 5.97 Å². The molecule has 0 unspecified atom stereocenters. The average molecular weight is 951 g/mol. The second-order valence-corrected chi connectivity index (χ2v) is 17.0. The molecule has 2 aliphatic carbocycles. The Balaban J connectivity index is 0.000000154. The van der Waals surface area contributed by atoms with Crippen LogP contribution in [-0.2, 0) is 0 Å². The number of amides is 1. The topological polar surface area (TPSA) is 191 Å². The number of nitrogens with zero attached hydrogens (tertiary/aromatic N) is 5. The van der Waals surface area contributed by atoms with Crippen molar-refractivity contribution in [1.29, 1.82) is 0 Å². The number of carbonyl (C=O) groups is 2. The molecular formula is C50H50F4N8O7. The van der Waals surface area contributed by atoms with Crippen LogP contribution in [0.25, 0.3) is 0 Å². The van der Waals surface area contributed by atoms with Gasteiger partial charge in [0.25, 0.3) is 5.91 Å². The van der Waals surface area contributed by atoms with Crippen LogP contribution in [0.5, 0.6) is 34.5 Å². The number of anilines is 4. The SMILES string of the molecule is COc1cc(N)ncc1N1CCN(C(=O)c2ccc(Oc3ccc(F)cc3)cc2F)C2(CC2)C1.COc1cc(N)ncc1N1CCNC2(CC2)C1.O=C(O)c1ccc(Oc2ccc(F)cc2)cc1F. The molecule has 4 heterocycles. The Morgan fingerprint density at radius 2 is 1.10 bits per heavy atom. The predicted octanol–water partition coefficient (Wildman–Crippen LogP) is 8.31. The number of carboxylic acids is 1. The summed E-state index contributed by atoms with van der Waals surface area (Å²) in [6.07, 6.45) is 7.72. The van der Waals surface area contributed by atoms with Gasteiger partial charge in [-0.15, -0.1) is 0 Å². The molecule has 69 heavy (non-hydrogen) atoms. The number of halogens is 4. The van der Waals surface area contributed by atoms with E-state index in [1.165, 1.54) is 79.6 Å². The molecule has 6 aromatic rings. The van der Waals surface area contributed by atoms with Crippen LogP contribution in [0, 0.1) is 23.3 Å². The first-order valence-electron chi connectivity index (χ1n) is 22.0. The zero-order valence-electron chi connectivity index (χ0n) is 37.8. The number of ether oxygens (including phenoxy) is 4. The first-order valence-corrected chi connectivity index (χ1v) is 22.0. The Kier molecular flexibility index (Phi) is 14.0. The minimum absolute atomic E-state index is 0.00193. The lowest BCUT2D eigenvalue weighted by molar-refractivity contribution is 0.0618. The van der Waals surface area contributed by atoms with Gasteiger partial charge in [-0.2, -0.15) is 0 Å². The van der Waals surface area contributed by atoms with E-state index in [0.717, 1.165) is 61.7 Å². The van der Waals surface area contributed by atoms with Crippen LogP contribution < -0.4 is 45.5 Å². The number of carboxylic acid groups (broad SMARTS) is 1. The third kappa shape index (κ3) is 11.3. The Morgan fingerprint density at radius 3 is 1.55 bits per heavy atom. The molecule has 2 aliphatic heterocycles. The first-order chi connectivity index (χ1) is 33.2. The Bertz CT molecular complexity index is 2810. The third-order valence-electron chi connectivity index (χ3n) is 12.2. The summed E-state index contributed by atoms with van der Waals surface area (Å²) >= 11 is 0. The number of hydrogen-bond acceptors (Lipinski definition) is 13. The fraction of sp³-hybridized carbons (Fsp3) is 0.280. The van der Waals surface area contributed by atoms with Crippen LogP contribution >= 0.6 is 0 Å². The van der Waals surface area contributed by atoms with Crippen LogP contribution in [0.1, 0.15) is 46.4 Å². The fourth-order valence-electron chi connectivity index (χ4n) is 8.30. The molecule has 2 saturated carbocycles. The van der Waals surface area contributed by atoms with Gasteiger partial charge in [-0.05, 0) is 98.5 Å². The van der Waals surface area contributed by atoms with Gasteiger partial charge < -0.3 is 55.5 Å². The summed E-state index contributed by atoms with van der Waals surface area (Å²) in [6.45, 7) is 4.66. The second-order valence-electron chi connectivity index (χ2n) is 17.0. The molecule has 2 saturated heterocycles. The molecule has 15 nitrogen and oxygen atoms in total. The monoisotopic (exact) mass is 950 g/mol. The van der Waals surface area contributed by atoms with Crippen LogP contribution in [-0.4, -0.2) is 96.4 Å². The van der Waals surface area contributed by atoms with Crippen molar-refractivity contribution in [2.45, 2.75) is 36.8 Å². The van der Waals surface area contributed by atoms with Crippen LogP contribution in [0.3, 0.4) is 0 Å². The molecular weight excluding hydrogens is 901 g/mol. The van der Waals surface area contributed by atoms with Crippen molar-refractivity contribution >= 4 is 34.9 Å². The molecule has 4 fully saturated rings. The van der Waals surface area contributed by atoms with Gasteiger partial charge in [0.15, 0.2) is 0 Å². The zero-order chi connectivity index (χ0) is 48.9. The number of rotatable bonds is 10. The predicted molar refractivity (Wildman–Crippen MR) is 251 cm³/mol. The first kappa shape index (κ1) is 47.7. The zero-order valence-corrected chi connectivity index (χ0v) is 37.8. The van der Waals surface area contributed by atoms with Crippen molar-refractivity contribution in [3.8, 4) is 34.5 Å². The number of nitrogen functional groups attached to an aromatic ring is 2. The van der Waals surface area contributed by atoms with Gasteiger partial charge in [0.1, 0.15) is 69.4 Å². The number of piperazine rings is 2. The quantitative estimate of drug-likeness (QED) is 0.0959. The van der Waals surface area contributed by atoms with Crippen molar-refractivity contribution in [3.63, 3.8) is 0 Å². The Labute approximate surface area is 395 Å². The van der Waals surface area contributed by atoms with Crippen molar-refractivity contribution in [2.75, 3.05) is 74.8 Å². The van der Waals surface area contributed by atoms with E-state index in [1.54, 1.807) is 43.5 Å². The highest BCUT2D eigenvalue weighted by atomic mass is 19.1. The average Bonchev–Trinajstić information content (AvgIpc) is 4.28. The molecule has 360 valence electrons. The molecule has 2 aromatic heterocycles. The van der Waals surface area contributed by atoms with E-state index in [9.17, 15) is 27.2 Å². The molecule has 1 amide bonds. The number of aromatic carboxylic acids is 1. The molecule has 19 heteroatoms. The van der Waals surface area contributed by atoms with E-state index in [0.29, 0.717) is 54.1 Å². The summed E-state index contributed by atoms with van der Waals surface area (Å²) < 4.78 is 75.7. The molecule has 4 aromatic carbocycles. The Morgan fingerprint density at radius 1 is 0.623 bits per heavy atom. The maximum Gasteiger partial charge on any atom is 0.338 e. The molecule has 10 rings (SSSR count). The fourth-order valence-corrected chi connectivity index (χ4v) is 8.30. The number of pyridine rings is 2. The third-order valence-corrected chi connectivity index (χ3v) is 12.2. The van der Waals surface area contributed by atoms with Gasteiger partial charge in [0, 0.05) is 69.1 Å². The number of methoxy groups -OCH3 is 2. The number of nitrogens with two attached hydrogens (primary N) is 2. The van der Waals surface area contributed by atoms with E-state index in [-0.39, 0.29) is 34.3 Å². The molecule has 0 radical (unpaired) electrons. The lowest BCUT2D eigenvalue weighted by Gasteiger charge is -2.43. The van der Waals surface area contributed by atoms with E-state index in [4.69, 9.17) is 35.5 Å². The molecule has 6 N–H and O–H groups in total. The summed E-state index contributed by atoms with van der Waals surface area (Å²) in [5, 5.41) is 12.2. The van der Waals surface area contributed by atoms with Gasteiger partial charge in [-0.25, -0.2) is 32.3 Å². The standard InChI is InChI=1S/C25H24F2N4O3.C13H8F2O3.C12H18N4O/c1-33-22-13-23(28)29-14-21(22)30-10-11-31(25(15-30)8-9-25)24(32)19-7-6-18(12-20(19)27)34-17-4-2-16(26)3-5-17;14-8-1-3-9(4-2-8)18-10-5-6-11(13(16)17)12(15)7-10;1-17-10-6-11(13)14-7-9(10)16-5-4-15-12(8-16)2-3-12/h2-7,12-14H,8-11,15H2,1H3,(H2,28,29);1-7H,(H,16,17);6-7,15H,2-5,8H2,1H3,(H2,13,14). The summed E-state index contributed by atoms with van der Waals surface area (Å²) in [5.41, 5.74) is 12.9. The number of hydrogen-bond donors (Lipinski definition) is 4. The lowest BCUT2D eigenvalue weighted by Crippen LogP contribution is -2.57. The van der Waals surface area contributed by atoms with Crippen LogP contribution in [0.2, 0.25) is 0 Å². The molecule has 0 bridgehead atoms. The molecule has 0 atom stereocenters. The highest BCUT2D eigenvalue weighted by Crippen LogP contribution is 2.47. The van der Waals surface area contributed by atoms with E-state index in [2.05, 4.69) is 25.1 Å². The number of carbonyl (C=O) groups excluding carboxylic acids is 1. The van der Waals surface area contributed by atoms with Crippen molar-refractivity contribution in [3.05, 3.63) is 144 Å². The highest BCUT2D eigenvalue weighted by molar-refractivity contribution is 5.96. The van der Waals surface area contributed by atoms with Gasteiger partial charge in [0.05, 0.1) is 54.7 Å². The summed E-state index contributed by atoms with van der Waals surface area (Å²) in [5.74, 6) is -0.631. The second kappa shape index (κ2) is 20.2. The largest absolute Gasteiger partial charge is 0.494 e. The van der Waals surface area contributed by atoms with Gasteiger partial charge in [0.2, 0.25) is 0 Å². The Hall–Kier alpha value is -7.80. The molecule has 2 spiro atoms. The number of nitrogens with one attached hydrogen (secondary N) is 1. The minimum Gasteiger partial charge on any atom is -0.494 e. The number of aromatic nitrogens is 2. The van der Waals surface area contributed by atoms with Crippen LogP contribution in [0.4, 0.5) is 40.6 Å². The maximum atomic E-state index is 14.9. The summed E-state index contributed by atoms with van der Waals surface area (Å²) in [6, 6.07) is 21.6. The van der Waals surface area contributed by atoms with Crippen molar-refractivity contribution < 1.29 is 51.2 Å². The van der Waals surface area contributed by atoms with Crippen molar-refractivity contribution in [2.24, 2.45) is 0 Å². The van der Waals surface area contributed by atoms with E-state index in [1.807, 2.05) is 6.20 Å². The smallest absolute Gasteiger partial charge is 0.338 e. The lowest BCUT2D eigenvalue weighted by atomic mass is 10.1. The summed E-state index contributed by atoms with van der Waals surface area (Å²) in [4.78, 5) is 38.5. The number of benzene rings is 4. The van der Waals surface area contributed by atoms with Gasteiger partial charge in [-0.1, -0.05) is 0 Å². The normalized spacial score (nSPS) is 16.1. The summed E-state index contributed by atoms with van der Waals surface area (Å²) in [7, 11) is 3.25. The highest BCUT2D eigenvalue weighted by Gasteiger charge is 2.54.